The molecular weight excluding hydrogens is 285 g/mol. The van der Waals surface area contributed by atoms with E-state index in [1.165, 1.54) is 23.6 Å². The van der Waals surface area contributed by atoms with Gasteiger partial charge in [0.05, 0.1) is 16.8 Å². The van der Waals surface area contributed by atoms with E-state index in [0.717, 1.165) is 0 Å². The van der Waals surface area contributed by atoms with Crippen LogP contribution in [0, 0.1) is 0 Å². The first-order valence-corrected chi connectivity index (χ1v) is 7.33. The van der Waals surface area contributed by atoms with Crippen molar-refractivity contribution in [1.82, 2.24) is 4.90 Å². The first-order chi connectivity index (χ1) is 9.93. The number of hydrogen-bond acceptors (Lipinski definition) is 5. The van der Waals surface area contributed by atoms with Crippen molar-refractivity contribution in [2.24, 2.45) is 0 Å². The first kappa shape index (κ1) is 16.9. The molecule has 0 saturated carbocycles. The molecule has 7 heteroatoms. The van der Waals surface area contributed by atoms with E-state index in [0.29, 0.717) is 5.60 Å². The summed E-state index contributed by atoms with van der Waals surface area (Å²) in [5.41, 5.74) is -1.14. The maximum absolute atomic E-state index is 12.3. The molecule has 0 unspecified atom stereocenters. The summed E-state index contributed by atoms with van der Waals surface area (Å²) in [6, 6.07) is 0. The second-order valence-corrected chi connectivity index (χ2v) is 7.40. The van der Waals surface area contributed by atoms with Crippen LogP contribution >= 0.6 is 0 Å². The Morgan fingerprint density at radius 2 is 1.73 bits per heavy atom. The molecule has 1 saturated heterocycles. The molecule has 2 rings (SSSR count). The van der Waals surface area contributed by atoms with Crippen molar-refractivity contribution in [3.05, 3.63) is 24.3 Å². The van der Waals surface area contributed by atoms with Crippen molar-refractivity contribution < 1.29 is 23.6 Å². The lowest BCUT2D eigenvalue weighted by atomic mass is 9.84. The molecule has 2 aliphatic rings. The molecule has 0 bridgehead atoms. The Balaban J connectivity index is 2.19. The molecule has 0 atom stereocenters. The largest absolute Gasteiger partial charge is 0.516 e. The number of rotatable bonds is 1. The quantitative estimate of drug-likeness (QED) is 0.696. The Hall–Kier alpha value is -1.47. The summed E-state index contributed by atoms with van der Waals surface area (Å²) in [6.07, 6.45) is 3.83. The molecule has 0 aromatic heterocycles. The SMILES string of the molecule is CC(C)(C)OC(=O)N1C=COC=C1B1OC(C)(C)C(C)(C)O1. The van der Waals surface area contributed by atoms with Gasteiger partial charge in [-0.15, -0.1) is 0 Å². The van der Waals surface area contributed by atoms with Crippen molar-refractivity contribution in [2.75, 3.05) is 0 Å². The van der Waals surface area contributed by atoms with Gasteiger partial charge in [-0.2, -0.15) is 0 Å². The van der Waals surface area contributed by atoms with Gasteiger partial charge >= 0.3 is 13.2 Å². The number of amides is 1. The summed E-state index contributed by atoms with van der Waals surface area (Å²) in [5, 5.41) is 0. The molecule has 0 N–H and O–H groups in total. The van der Waals surface area contributed by atoms with Crippen LogP contribution in [0.4, 0.5) is 4.79 Å². The van der Waals surface area contributed by atoms with Crippen molar-refractivity contribution in [2.45, 2.75) is 65.3 Å². The lowest BCUT2D eigenvalue weighted by molar-refractivity contribution is 0.00578. The Morgan fingerprint density at radius 1 is 1.18 bits per heavy atom. The molecule has 2 heterocycles. The van der Waals surface area contributed by atoms with Gasteiger partial charge < -0.3 is 18.8 Å². The normalized spacial score (nSPS) is 23.1. The van der Waals surface area contributed by atoms with Gasteiger partial charge in [-0.1, -0.05) is 0 Å². The third kappa shape index (κ3) is 3.30. The highest BCUT2D eigenvalue weighted by Gasteiger charge is 2.54. The van der Waals surface area contributed by atoms with Crippen LogP contribution in [0.15, 0.2) is 24.3 Å². The molecule has 122 valence electrons. The van der Waals surface area contributed by atoms with Crippen LogP contribution in [-0.4, -0.2) is 34.9 Å². The molecule has 0 aromatic rings. The second-order valence-electron chi connectivity index (χ2n) is 7.40. The Morgan fingerprint density at radius 3 is 2.23 bits per heavy atom. The number of nitrogens with zero attached hydrogens (tertiary/aromatic N) is 1. The highest BCUT2D eigenvalue weighted by atomic mass is 16.7. The summed E-state index contributed by atoms with van der Waals surface area (Å²) in [6.45, 7) is 13.2. The third-order valence-corrected chi connectivity index (χ3v) is 3.84. The molecule has 0 aromatic carbocycles. The zero-order valence-electron chi connectivity index (χ0n) is 14.3. The topological polar surface area (TPSA) is 57.2 Å². The van der Waals surface area contributed by atoms with Crippen LogP contribution < -0.4 is 0 Å². The van der Waals surface area contributed by atoms with Crippen LogP contribution in [0.3, 0.4) is 0 Å². The minimum Gasteiger partial charge on any atom is -0.470 e. The molecule has 0 spiro atoms. The van der Waals surface area contributed by atoms with E-state index in [9.17, 15) is 4.79 Å². The lowest BCUT2D eigenvalue weighted by Gasteiger charge is -2.32. The monoisotopic (exact) mass is 309 g/mol. The predicted octanol–water partition coefficient (Wildman–Crippen LogP) is 3.20. The van der Waals surface area contributed by atoms with Gasteiger partial charge in [-0.25, -0.2) is 4.79 Å². The molecule has 1 fully saturated rings. The molecule has 6 nitrogen and oxygen atoms in total. The van der Waals surface area contributed by atoms with E-state index < -0.39 is 30.0 Å². The van der Waals surface area contributed by atoms with Gasteiger partial charge in [-0.3, -0.25) is 4.90 Å². The van der Waals surface area contributed by atoms with E-state index in [-0.39, 0.29) is 0 Å². The van der Waals surface area contributed by atoms with Gasteiger partial charge in [0.15, 0.2) is 0 Å². The maximum atomic E-state index is 12.3. The van der Waals surface area contributed by atoms with Gasteiger partial charge in [-0.05, 0) is 48.5 Å². The van der Waals surface area contributed by atoms with Crippen molar-refractivity contribution in [1.29, 1.82) is 0 Å². The van der Waals surface area contributed by atoms with Crippen molar-refractivity contribution >= 4 is 13.2 Å². The van der Waals surface area contributed by atoms with E-state index in [1.54, 1.807) is 0 Å². The summed E-state index contributed by atoms with van der Waals surface area (Å²) >= 11 is 0. The molecule has 1 amide bonds. The number of ether oxygens (including phenoxy) is 2. The van der Waals surface area contributed by atoms with E-state index in [1.807, 2.05) is 48.5 Å². The standard InChI is InChI=1S/C15H24BNO5/c1-13(2,3)20-12(18)17-8-9-19-10-11(17)16-21-14(4,5)15(6,7)22-16/h8-10H,1-7H3. The predicted molar refractivity (Wildman–Crippen MR) is 82.5 cm³/mol. The fourth-order valence-corrected chi connectivity index (χ4v) is 1.96. The zero-order valence-corrected chi connectivity index (χ0v) is 14.3. The molecule has 0 radical (unpaired) electrons. The van der Waals surface area contributed by atoms with Crippen LogP contribution in [0.2, 0.25) is 0 Å². The second kappa shape index (κ2) is 5.31. The molecule has 2 aliphatic heterocycles. The van der Waals surface area contributed by atoms with Gasteiger partial charge in [0.1, 0.15) is 18.1 Å². The maximum Gasteiger partial charge on any atom is 0.516 e. The Bertz CT molecular complexity index is 503. The van der Waals surface area contributed by atoms with Crippen LogP contribution in [0.1, 0.15) is 48.5 Å². The summed E-state index contributed by atoms with van der Waals surface area (Å²) < 4.78 is 22.5. The number of carbonyl (C=O) groups excluding carboxylic acids is 1. The number of carbonyl (C=O) groups is 1. The van der Waals surface area contributed by atoms with Crippen LogP contribution in [0.5, 0.6) is 0 Å². The fourth-order valence-electron chi connectivity index (χ4n) is 1.96. The summed E-state index contributed by atoms with van der Waals surface area (Å²) in [4.78, 5) is 13.7. The molecule has 0 aliphatic carbocycles. The Kier molecular flexibility index (Phi) is 4.08. The fraction of sp³-hybridized carbons (Fsp3) is 0.667. The van der Waals surface area contributed by atoms with Gasteiger partial charge in [0.25, 0.3) is 0 Å². The minimum atomic E-state index is -0.706. The summed E-state index contributed by atoms with van der Waals surface area (Å²) in [5.74, 6) is 0. The average molecular weight is 309 g/mol. The van der Waals surface area contributed by atoms with Gasteiger partial charge in [0, 0.05) is 6.20 Å². The van der Waals surface area contributed by atoms with Crippen molar-refractivity contribution in [3.8, 4) is 0 Å². The highest BCUT2D eigenvalue weighted by Crippen LogP contribution is 2.39. The molecular formula is C15H24BNO5. The zero-order chi connectivity index (χ0) is 16.8. The highest BCUT2D eigenvalue weighted by molar-refractivity contribution is 6.54. The van der Waals surface area contributed by atoms with E-state index in [4.69, 9.17) is 18.8 Å². The Labute approximate surface area is 132 Å². The van der Waals surface area contributed by atoms with E-state index >= 15 is 0 Å². The summed E-state index contributed by atoms with van der Waals surface area (Å²) in [7, 11) is -0.706. The number of hydrogen-bond donors (Lipinski definition) is 0. The first-order valence-electron chi connectivity index (χ1n) is 7.33. The third-order valence-electron chi connectivity index (χ3n) is 3.84. The molecule has 22 heavy (non-hydrogen) atoms. The van der Waals surface area contributed by atoms with Crippen LogP contribution in [0.25, 0.3) is 0 Å². The minimum absolute atomic E-state index is 0.454. The smallest absolute Gasteiger partial charge is 0.470 e. The lowest BCUT2D eigenvalue weighted by Crippen LogP contribution is -2.41. The van der Waals surface area contributed by atoms with E-state index in [2.05, 4.69) is 0 Å². The van der Waals surface area contributed by atoms with Crippen LogP contribution in [-0.2, 0) is 18.8 Å². The van der Waals surface area contributed by atoms with Crippen molar-refractivity contribution in [3.63, 3.8) is 0 Å². The van der Waals surface area contributed by atoms with Gasteiger partial charge in [0.2, 0.25) is 0 Å². The average Bonchev–Trinajstić information content (AvgIpc) is 2.56.